The number of anilines is 1. The van der Waals surface area contributed by atoms with E-state index in [1.54, 1.807) is 0 Å². The van der Waals surface area contributed by atoms with Crippen LogP contribution >= 0.6 is 0 Å². The van der Waals surface area contributed by atoms with Crippen molar-refractivity contribution in [2.45, 2.75) is 27.2 Å². The van der Waals surface area contributed by atoms with Crippen LogP contribution in [0.15, 0.2) is 18.2 Å². The van der Waals surface area contributed by atoms with Gasteiger partial charge in [-0.1, -0.05) is 6.92 Å². The van der Waals surface area contributed by atoms with E-state index in [-0.39, 0.29) is 0 Å². The Morgan fingerprint density at radius 3 is 2.21 bits per heavy atom. The number of rotatable bonds is 5. The number of nitrogens with zero attached hydrogens (tertiary/aromatic N) is 1. The lowest BCUT2D eigenvalue weighted by Crippen LogP contribution is -2.01. The molecule has 0 unspecified atom stereocenters. The third-order valence-corrected chi connectivity index (χ3v) is 2.97. The second-order valence-corrected chi connectivity index (χ2v) is 4.24. The maximum Gasteiger partial charge on any atom is 0.163 e. The molecule has 0 radical (unpaired) electrons. The van der Waals surface area contributed by atoms with E-state index in [1.807, 2.05) is 26.0 Å². The van der Waals surface area contributed by atoms with Crippen LogP contribution in [-0.2, 0) is 6.42 Å². The quantitative estimate of drug-likeness (QED) is 0.897. The third kappa shape index (κ3) is 2.72. The molecule has 102 valence electrons. The minimum atomic E-state index is 0.585. The number of nitrogen functional groups attached to an aromatic ring is 1. The van der Waals surface area contributed by atoms with E-state index in [9.17, 15) is 0 Å². The van der Waals surface area contributed by atoms with Crippen LogP contribution in [0.1, 0.15) is 26.3 Å². The average molecular weight is 260 g/mol. The fraction of sp³-hybridized carbons (Fsp3) is 0.400. The molecule has 0 atom stereocenters. The highest BCUT2D eigenvalue weighted by molar-refractivity contribution is 5.85. The van der Waals surface area contributed by atoms with Crippen LogP contribution in [0.3, 0.4) is 0 Å². The van der Waals surface area contributed by atoms with Crippen molar-refractivity contribution in [2.75, 3.05) is 18.9 Å². The van der Waals surface area contributed by atoms with Gasteiger partial charge in [0.1, 0.15) is 5.82 Å². The molecule has 2 N–H and O–H groups in total. The van der Waals surface area contributed by atoms with Gasteiger partial charge in [0.05, 0.1) is 18.7 Å². The molecule has 0 aliphatic carbocycles. The average Bonchev–Trinajstić information content (AvgIpc) is 2.40. The first-order chi connectivity index (χ1) is 9.19. The van der Waals surface area contributed by atoms with Crippen molar-refractivity contribution >= 4 is 16.7 Å². The van der Waals surface area contributed by atoms with Gasteiger partial charge in [0.25, 0.3) is 0 Å². The van der Waals surface area contributed by atoms with Gasteiger partial charge in [-0.25, -0.2) is 4.98 Å². The predicted molar refractivity (Wildman–Crippen MR) is 77.9 cm³/mol. The minimum Gasteiger partial charge on any atom is -0.490 e. The van der Waals surface area contributed by atoms with E-state index in [2.05, 4.69) is 18.0 Å². The maximum atomic E-state index is 5.93. The molecule has 0 aliphatic heterocycles. The highest BCUT2D eigenvalue weighted by atomic mass is 16.5. The van der Waals surface area contributed by atoms with Gasteiger partial charge in [0.2, 0.25) is 0 Å². The summed E-state index contributed by atoms with van der Waals surface area (Å²) < 4.78 is 11.2. The number of hydrogen-bond acceptors (Lipinski definition) is 4. The van der Waals surface area contributed by atoms with Gasteiger partial charge in [-0.05, 0) is 38.0 Å². The smallest absolute Gasteiger partial charge is 0.163 e. The summed E-state index contributed by atoms with van der Waals surface area (Å²) >= 11 is 0. The lowest BCUT2D eigenvalue weighted by atomic mass is 10.1. The highest BCUT2D eigenvalue weighted by Crippen LogP contribution is 2.33. The van der Waals surface area contributed by atoms with Crippen molar-refractivity contribution in [1.29, 1.82) is 0 Å². The number of aromatic nitrogens is 1. The van der Waals surface area contributed by atoms with Gasteiger partial charge >= 0.3 is 0 Å². The first kappa shape index (κ1) is 13.5. The predicted octanol–water partition coefficient (Wildman–Crippen LogP) is 3.18. The SMILES string of the molecule is CCOc1cc2cc(CC)c(N)nc2cc1OCC. The summed E-state index contributed by atoms with van der Waals surface area (Å²) in [7, 11) is 0. The molecule has 0 bridgehead atoms. The zero-order valence-corrected chi connectivity index (χ0v) is 11.7. The monoisotopic (exact) mass is 260 g/mol. The number of nitrogens with two attached hydrogens (primary N) is 1. The van der Waals surface area contributed by atoms with Crippen LogP contribution in [-0.4, -0.2) is 18.2 Å². The summed E-state index contributed by atoms with van der Waals surface area (Å²) in [5, 5.41) is 1.03. The van der Waals surface area contributed by atoms with Gasteiger partial charge in [-0.2, -0.15) is 0 Å². The van der Waals surface area contributed by atoms with Crippen molar-refractivity contribution in [3.8, 4) is 11.5 Å². The summed E-state index contributed by atoms with van der Waals surface area (Å²) in [6, 6.07) is 5.92. The zero-order valence-electron chi connectivity index (χ0n) is 11.7. The topological polar surface area (TPSA) is 57.4 Å². The molecule has 4 nitrogen and oxygen atoms in total. The van der Waals surface area contributed by atoms with Gasteiger partial charge in [0.15, 0.2) is 11.5 Å². The van der Waals surface area contributed by atoms with E-state index < -0.39 is 0 Å². The van der Waals surface area contributed by atoms with Crippen molar-refractivity contribution < 1.29 is 9.47 Å². The highest BCUT2D eigenvalue weighted by Gasteiger charge is 2.10. The van der Waals surface area contributed by atoms with Crippen molar-refractivity contribution in [3.05, 3.63) is 23.8 Å². The first-order valence-electron chi connectivity index (χ1n) is 6.68. The molecule has 19 heavy (non-hydrogen) atoms. The number of ether oxygens (including phenoxy) is 2. The fourth-order valence-corrected chi connectivity index (χ4v) is 2.06. The molecule has 4 heteroatoms. The molecule has 2 aromatic rings. The largest absolute Gasteiger partial charge is 0.490 e. The number of pyridine rings is 1. The molecule has 1 aromatic heterocycles. The molecule has 0 fully saturated rings. The van der Waals surface area contributed by atoms with E-state index in [0.29, 0.717) is 24.8 Å². The molecule has 1 heterocycles. The van der Waals surface area contributed by atoms with Crippen LogP contribution < -0.4 is 15.2 Å². The van der Waals surface area contributed by atoms with E-state index >= 15 is 0 Å². The van der Waals surface area contributed by atoms with Gasteiger partial charge in [0, 0.05) is 11.5 Å². The first-order valence-corrected chi connectivity index (χ1v) is 6.68. The summed E-state index contributed by atoms with van der Waals surface area (Å²) in [6.07, 6.45) is 0.867. The van der Waals surface area contributed by atoms with Crippen LogP contribution in [0, 0.1) is 0 Å². The van der Waals surface area contributed by atoms with Crippen molar-refractivity contribution in [1.82, 2.24) is 4.98 Å². The number of hydrogen-bond donors (Lipinski definition) is 1. The molecule has 0 spiro atoms. The molecular weight excluding hydrogens is 240 g/mol. The Morgan fingerprint density at radius 2 is 1.63 bits per heavy atom. The van der Waals surface area contributed by atoms with Crippen LogP contribution in [0.5, 0.6) is 11.5 Å². The lowest BCUT2D eigenvalue weighted by molar-refractivity contribution is 0.288. The van der Waals surface area contributed by atoms with Gasteiger partial charge < -0.3 is 15.2 Å². The summed E-state index contributed by atoms with van der Waals surface area (Å²) in [5.74, 6) is 2.06. The van der Waals surface area contributed by atoms with Crippen LogP contribution in [0.4, 0.5) is 5.82 Å². The summed E-state index contributed by atoms with van der Waals surface area (Å²) in [6.45, 7) is 7.17. The Morgan fingerprint density at radius 1 is 1.00 bits per heavy atom. The van der Waals surface area contributed by atoms with E-state index in [0.717, 1.165) is 28.6 Å². The summed E-state index contributed by atoms with van der Waals surface area (Å²) in [5.41, 5.74) is 7.82. The van der Waals surface area contributed by atoms with Crippen molar-refractivity contribution in [3.63, 3.8) is 0 Å². The lowest BCUT2D eigenvalue weighted by Gasteiger charge is -2.13. The molecule has 0 saturated heterocycles. The normalized spacial score (nSPS) is 10.7. The Labute approximate surface area is 113 Å². The van der Waals surface area contributed by atoms with Gasteiger partial charge in [-0.15, -0.1) is 0 Å². The Kier molecular flexibility index (Phi) is 4.10. The van der Waals surface area contributed by atoms with Crippen molar-refractivity contribution in [2.24, 2.45) is 0 Å². The zero-order chi connectivity index (χ0) is 13.8. The summed E-state index contributed by atoms with van der Waals surface area (Å²) in [4.78, 5) is 4.43. The van der Waals surface area contributed by atoms with E-state index in [4.69, 9.17) is 15.2 Å². The molecule has 0 amide bonds. The second-order valence-electron chi connectivity index (χ2n) is 4.24. The molecular formula is C15H20N2O2. The van der Waals surface area contributed by atoms with E-state index in [1.165, 1.54) is 0 Å². The molecule has 1 aromatic carbocycles. The number of benzene rings is 1. The number of fused-ring (bicyclic) bond motifs is 1. The second kappa shape index (κ2) is 5.78. The van der Waals surface area contributed by atoms with Crippen LogP contribution in [0.25, 0.3) is 10.9 Å². The van der Waals surface area contributed by atoms with Crippen LogP contribution in [0.2, 0.25) is 0 Å². The number of aryl methyl sites for hydroxylation is 1. The van der Waals surface area contributed by atoms with Gasteiger partial charge in [-0.3, -0.25) is 0 Å². The third-order valence-electron chi connectivity index (χ3n) is 2.97. The maximum absolute atomic E-state index is 5.93. The molecule has 2 rings (SSSR count). The molecule has 0 aliphatic rings. The fourth-order valence-electron chi connectivity index (χ4n) is 2.06. The minimum absolute atomic E-state index is 0.585. The molecule has 0 saturated carbocycles. The standard InChI is InChI=1S/C15H20N2O2/c1-4-10-7-11-8-13(18-5-2)14(19-6-3)9-12(11)17-15(10)16/h7-9H,4-6H2,1-3H3,(H2,16,17). The Bertz CT molecular complexity index is 582. The Hall–Kier alpha value is -1.97. The Balaban J connectivity index is 2.59.